The van der Waals surface area contributed by atoms with Crippen molar-refractivity contribution in [1.82, 2.24) is 0 Å². The zero-order chi connectivity index (χ0) is 13.1. The molecule has 4 nitrogen and oxygen atoms in total. The summed E-state index contributed by atoms with van der Waals surface area (Å²) >= 11 is 0. The van der Waals surface area contributed by atoms with Crippen LogP contribution in [0.5, 0.6) is 0 Å². The number of nitrogens with two attached hydrogens (primary N) is 1. The molecular formula is C12H20N2O2S. The maximum Gasteiger partial charge on any atom is 0.149 e. The summed E-state index contributed by atoms with van der Waals surface area (Å²) in [5.41, 5.74) is 7.84. The van der Waals surface area contributed by atoms with E-state index < -0.39 is 9.84 Å². The van der Waals surface area contributed by atoms with Gasteiger partial charge in [0.25, 0.3) is 0 Å². The summed E-state index contributed by atoms with van der Waals surface area (Å²) in [4.78, 5) is 1.92. The van der Waals surface area contributed by atoms with Gasteiger partial charge < -0.3 is 10.6 Å². The topological polar surface area (TPSA) is 63.4 Å². The van der Waals surface area contributed by atoms with Gasteiger partial charge >= 0.3 is 0 Å². The van der Waals surface area contributed by atoms with Gasteiger partial charge in [0.1, 0.15) is 9.84 Å². The average molecular weight is 256 g/mol. The molecule has 0 saturated carbocycles. The van der Waals surface area contributed by atoms with Crippen molar-refractivity contribution in [2.75, 3.05) is 30.5 Å². The molecule has 1 aromatic carbocycles. The highest BCUT2D eigenvalue weighted by Crippen LogP contribution is 2.16. The Kier molecular flexibility index (Phi) is 4.54. The zero-order valence-electron chi connectivity index (χ0n) is 10.6. The van der Waals surface area contributed by atoms with E-state index in [1.54, 1.807) is 0 Å². The van der Waals surface area contributed by atoms with E-state index in [1.807, 2.05) is 43.1 Å². The maximum absolute atomic E-state index is 11.1. The second-order valence-electron chi connectivity index (χ2n) is 4.43. The Morgan fingerprint density at radius 3 is 2.24 bits per heavy atom. The van der Waals surface area contributed by atoms with Crippen LogP contribution in [0.4, 0.5) is 5.69 Å². The fourth-order valence-corrected chi connectivity index (χ4v) is 2.07. The molecule has 17 heavy (non-hydrogen) atoms. The van der Waals surface area contributed by atoms with Crippen LogP contribution in [0.2, 0.25) is 0 Å². The molecule has 5 heteroatoms. The molecule has 1 unspecified atom stereocenters. The fraction of sp³-hybridized carbons (Fsp3) is 0.500. The Balaban J connectivity index is 2.67. The van der Waals surface area contributed by atoms with Crippen molar-refractivity contribution in [3.05, 3.63) is 29.8 Å². The number of nitrogens with zero attached hydrogens (tertiary/aromatic N) is 1. The van der Waals surface area contributed by atoms with Gasteiger partial charge in [-0.1, -0.05) is 12.1 Å². The molecule has 0 aliphatic heterocycles. The third kappa shape index (κ3) is 4.75. The fourth-order valence-electron chi connectivity index (χ4n) is 1.46. The third-order valence-electron chi connectivity index (χ3n) is 2.66. The van der Waals surface area contributed by atoms with Crippen molar-refractivity contribution in [2.24, 2.45) is 5.73 Å². The van der Waals surface area contributed by atoms with Crippen LogP contribution >= 0.6 is 0 Å². The van der Waals surface area contributed by atoms with Crippen molar-refractivity contribution in [2.45, 2.75) is 13.0 Å². The van der Waals surface area contributed by atoms with Gasteiger partial charge in [0, 0.05) is 31.6 Å². The highest BCUT2D eigenvalue weighted by Gasteiger charge is 2.07. The Bertz CT molecular complexity index is 452. The van der Waals surface area contributed by atoms with Crippen LogP contribution in [0, 0.1) is 0 Å². The molecule has 0 aliphatic rings. The monoisotopic (exact) mass is 256 g/mol. The lowest BCUT2D eigenvalue weighted by atomic mass is 10.1. The minimum absolute atomic E-state index is 0.0189. The Morgan fingerprint density at radius 1 is 1.29 bits per heavy atom. The minimum Gasteiger partial charge on any atom is -0.374 e. The second-order valence-corrected chi connectivity index (χ2v) is 6.69. The molecular weight excluding hydrogens is 236 g/mol. The van der Waals surface area contributed by atoms with E-state index in [0.29, 0.717) is 6.54 Å². The van der Waals surface area contributed by atoms with Crippen molar-refractivity contribution in [3.8, 4) is 0 Å². The van der Waals surface area contributed by atoms with E-state index in [1.165, 1.54) is 6.26 Å². The molecule has 0 aliphatic carbocycles. The van der Waals surface area contributed by atoms with Crippen molar-refractivity contribution < 1.29 is 8.42 Å². The molecule has 0 fully saturated rings. The summed E-state index contributed by atoms with van der Waals surface area (Å²) in [6.07, 6.45) is 1.25. The van der Waals surface area contributed by atoms with E-state index in [0.717, 1.165) is 11.3 Å². The van der Waals surface area contributed by atoms with Gasteiger partial charge in [-0.3, -0.25) is 0 Å². The first-order valence-electron chi connectivity index (χ1n) is 5.54. The molecule has 0 aromatic heterocycles. The summed E-state index contributed by atoms with van der Waals surface area (Å²) in [6.45, 7) is 2.43. The number of anilines is 1. The largest absolute Gasteiger partial charge is 0.374 e. The lowest BCUT2D eigenvalue weighted by molar-refractivity contribution is 0.601. The molecule has 1 aromatic rings. The van der Waals surface area contributed by atoms with Crippen LogP contribution in [0.1, 0.15) is 18.5 Å². The summed E-state index contributed by atoms with van der Waals surface area (Å²) in [7, 11) is -1.03. The molecule has 0 amide bonds. The van der Waals surface area contributed by atoms with Crippen LogP contribution < -0.4 is 10.6 Å². The molecule has 0 heterocycles. The second kappa shape index (κ2) is 5.51. The van der Waals surface area contributed by atoms with Crippen LogP contribution in [0.15, 0.2) is 24.3 Å². The Hall–Kier alpha value is -1.07. The smallest absolute Gasteiger partial charge is 0.149 e. The summed E-state index contributed by atoms with van der Waals surface area (Å²) in [5.74, 6) is 0.165. The van der Waals surface area contributed by atoms with E-state index >= 15 is 0 Å². The van der Waals surface area contributed by atoms with E-state index in [2.05, 4.69) is 0 Å². The third-order valence-corrected chi connectivity index (χ3v) is 3.58. The van der Waals surface area contributed by atoms with Gasteiger partial charge in [-0.2, -0.15) is 0 Å². The van der Waals surface area contributed by atoms with Crippen molar-refractivity contribution >= 4 is 15.5 Å². The SMILES string of the molecule is CC(N)c1ccc(N(C)CCS(C)(=O)=O)cc1. The standard InChI is InChI=1S/C12H20N2O2S/c1-10(13)11-4-6-12(7-5-11)14(2)8-9-17(3,15)16/h4-7,10H,8-9,13H2,1-3H3. The van der Waals surface area contributed by atoms with Gasteiger partial charge in [-0.15, -0.1) is 0 Å². The first-order chi connectivity index (χ1) is 7.79. The Labute approximate surface area is 103 Å². The summed E-state index contributed by atoms with van der Waals surface area (Å²) in [5, 5.41) is 0. The molecule has 1 atom stereocenters. The van der Waals surface area contributed by atoms with E-state index in [-0.39, 0.29) is 11.8 Å². The first kappa shape index (κ1) is 14.0. The van der Waals surface area contributed by atoms with Gasteiger partial charge in [-0.25, -0.2) is 8.42 Å². The van der Waals surface area contributed by atoms with Crippen LogP contribution in [-0.2, 0) is 9.84 Å². The number of sulfone groups is 1. The molecule has 0 saturated heterocycles. The lowest BCUT2D eigenvalue weighted by Gasteiger charge is -2.19. The van der Waals surface area contributed by atoms with Crippen molar-refractivity contribution in [3.63, 3.8) is 0 Å². The molecule has 0 spiro atoms. The first-order valence-corrected chi connectivity index (χ1v) is 7.60. The lowest BCUT2D eigenvalue weighted by Crippen LogP contribution is -2.24. The molecule has 2 N–H and O–H groups in total. The Morgan fingerprint density at radius 2 is 1.82 bits per heavy atom. The van der Waals surface area contributed by atoms with E-state index in [4.69, 9.17) is 5.73 Å². The van der Waals surface area contributed by atoms with Crippen LogP contribution in [0.3, 0.4) is 0 Å². The maximum atomic E-state index is 11.1. The van der Waals surface area contributed by atoms with Gasteiger partial charge in [0.05, 0.1) is 5.75 Å². The minimum atomic E-state index is -2.91. The number of benzene rings is 1. The molecule has 1 rings (SSSR count). The quantitative estimate of drug-likeness (QED) is 0.859. The zero-order valence-corrected chi connectivity index (χ0v) is 11.4. The predicted molar refractivity (Wildman–Crippen MR) is 72.0 cm³/mol. The number of hydrogen-bond donors (Lipinski definition) is 1. The normalized spacial score (nSPS) is 13.4. The molecule has 0 radical (unpaired) electrons. The number of hydrogen-bond acceptors (Lipinski definition) is 4. The number of rotatable bonds is 5. The van der Waals surface area contributed by atoms with Crippen LogP contribution in [0.25, 0.3) is 0 Å². The van der Waals surface area contributed by atoms with Gasteiger partial charge in [0.2, 0.25) is 0 Å². The molecule has 0 bridgehead atoms. The van der Waals surface area contributed by atoms with E-state index in [9.17, 15) is 8.42 Å². The highest BCUT2D eigenvalue weighted by molar-refractivity contribution is 7.90. The van der Waals surface area contributed by atoms with Gasteiger partial charge in [0.15, 0.2) is 0 Å². The highest BCUT2D eigenvalue weighted by atomic mass is 32.2. The summed E-state index contributed by atoms with van der Waals surface area (Å²) < 4.78 is 22.1. The van der Waals surface area contributed by atoms with Gasteiger partial charge in [-0.05, 0) is 24.6 Å². The van der Waals surface area contributed by atoms with Crippen molar-refractivity contribution in [1.29, 1.82) is 0 Å². The molecule has 96 valence electrons. The summed E-state index contributed by atoms with van der Waals surface area (Å²) in [6, 6.07) is 7.88. The van der Waals surface area contributed by atoms with Crippen LogP contribution in [-0.4, -0.2) is 34.0 Å². The predicted octanol–water partition coefficient (Wildman–Crippen LogP) is 1.19. The average Bonchev–Trinajstić information content (AvgIpc) is 2.25.